The Bertz CT molecular complexity index is 352. The van der Waals surface area contributed by atoms with Crippen LogP contribution in [0.1, 0.15) is 19.3 Å². The molecule has 0 radical (unpaired) electrons. The van der Waals surface area contributed by atoms with E-state index in [1.807, 2.05) is 12.1 Å². The monoisotopic (exact) mass is 235 g/mol. The van der Waals surface area contributed by atoms with Crippen LogP contribution in [-0.2, 0) is 0 Å². The first-order chi connectivity index (χ1) is 8.33. The smallest absolute Gasteiger partial charge is 0.120 e. The molecule has 0 spiro atoms. The fraction of sp³-hybridized carbons (Fsp3) is 0.571. The second-order valence-electron chi connectivity index (χ2n) is 4.67. The first-order valence-corrected chi connectivity index (χ1v) is 6.33. The topological polar surface area (TPSA) is 32.7 Å². The summed E-state index contributed by atoms with van der Waals surface area (Å²) in [4.78, 5) is 2.40. The Labute approximate surface area is 103 Å². The molecule has 1 heterocycles. The number of aliphatic hydroxyl groups excluding tert-OH is 1. The number of benzene rings is 1. The SMILES string of the molecule is COc1cccc(N2CCCC(CCO)C2)c1. The maximum atomic E-state index is 9.02. The number of anilines is 1. The molecule has 1 aromatic rings. The van der Waals surface area contributed by atoms with Gasteiger partial charge in [0.1, 0.15) is 5.75 Å². The number of piperidine rings is 1. The Kier molecular flexibility index (Phi) is 4.26. The summed E-state index contributed by atoms with van der Waals surface area (Å²) in [5.41, 5.74) is 1.23. The van der Waals surface area contributed by atoms with Crippen molar-refractivity contribution in [2.45, 2.75) is 19.3 Å². The summed E-state index contributed by atoms with van der Waals surface area (Å²) in [6, 6.07) is 8.22. The van der Waals surface area contributed by atoms with E-state index in [2.05, 4.69) is 17.0 Å². The van der Waals surface area contributed by atoms with Crippen LogP contribution < -0.4 is 9.64 Å². The van der Waals surface area contributed by atoms with Gasteiger partial charge in [-0.1, -0.05) is 6.07 Å². The lowest BCUT2D eigenvalue weighted by Gasteiger charge is -2.34. The van der Waals surface area contributed by atoms with Gasteiger partial charge in [-0.3, -0.25) is 0 Å². The van der Waals surface area contributed by atoms with E-state index in [-0.39, 0.29) is 0 Å². The molecule has 17 heavy (non-hydrogen) atoms. The molecular weight excluding hydrogens is 214 g/mol. The van der Waals surface area contributed by atoms with Crippen LogP contribution in [-0.4, -0.2) is 31.9 Å². The maximum absolute atomic E-state index is 9.02. The van der Waals surface area contributed by atoms with Crippen molar-refractivity contribution in [3.8, 4) is 5.75 Å². The van der Waals surface area contributed by atoms with E-state index >= 15 is 0 Å². The first kappa shape index (κ1) is 12.2. The maximum Gasteiger partial charge on any atom is 0.120 e. The molecule has 2 rings (SSSR count). The van der Waals surface area contributed by atoms with Crippen molar-refractivity contribution in [1.29, 1.82) is 0 Å². The average Bonchev–Trinajstić information content (AvgIpc) is 2.40. The van der Waals surface area contributed by atoms with E-state index in [0.29, 0.717) is 12.5 Å². The number of methoxy groups -OCH3 is 1. The van der Waals surface area contributed by atoms with Crippen molar-refractivity contribution >= 4 is 5.69 Å². The number of aliphatic hydroxyl groups is 1. The van der Waals surface area contributed by atoms with E-state index in [1.54, 1.807) is 7.11 Å². The summed E-state index contributed by atoms with van der Waals surface area (Å²) < 4.78 is 5.25. The van der Waals surface area contributed by atoms with Crippen molar-refractivity contribution in [3.63, 3.8) is 0 Å². The molecule has 0 saturated carbocycles. The van der Waals surface area contributed by atoms with Gasteiger partial charge in [0.25, 0.3) is 0 Å². The summed E-state index contributed by atoms with van der Waals surface area (Å²) >= 11 is 0. The van der Waals surface area contributed by atoms with Crippen molar-refractivity contribution in [1.82, 2.24) is 0 Å². The van der Waals surface area contributed by atoms with Crippen LogP contribution in [0, 0.1) is 5.92 Å². The van der Waals surface area contributed by atoms with Gasteiger partial charge in [-0.25, -0.2) is 0 Å². The Morgan fingerprint density at radius 2 is 2.35 bits per heavy atom. The molecule has 94 valence electrons. The molecule has 1 aromatic carbocycles. The molecule has 1 saturated heterocycles. The molecule has 1 atom stereocenters. The largest absolute Gasteiger partial charge is 0.497 e. The Hall–Kier alpha value is -1.22. The summed E-state index contributed by atoms with van der Waals surface area (Å²) in [6.07, 6.45) is 3.36. The summed E-state index contributed by atoms with van der Waals surface area (Å²) in [5, 5.41) is 9.02. The van der Waals surface area contributed by atoms with E-state index in [0.717, 1.165) is 25.3 Å². The number of ether oxygens (including phenoxy) is 1. The molecule has 1 fully saturated rings. The molecule has 3 nitrogen and oxygen atoms in total. The fourth-order valence-corrected chi connectivity index (χ4v) is 2.52. The van der Waals surface area contributed by atoms with Gasteiger partial charge in [-0.15, -0.1) is 0 Å². The third-order valence-corrected chi connectivity index (χ3v) is 3.47. The van der Waals surface area contributed by atoms with E-state index in [1.165, 1.54) is 18.5 Å². The highest BCUT2D eigenvalue weighted by atomic mass is 16.5. The normalized spacial score (nSPS) is 20.4. The van der Waals surface area contributed by atoms with Crippen LogP contribution in [0.3, 0.4) is 0 Å². The van der Waals surface area contributed by atoms with Crippen LogP contribution in [0.25, 0.3) is 0 Å². The Morgan fingerprint density at radius 3 is 3.12 bits per heavy atom. The van der Waals surface area contributed by atoms with Gasteiger partial charge < -0.3 is 14.7 Å². The number of hydrogen-bond donors (Lipinski definition) is 1. The minimum absolute atomic E-state index is 0.302. The molecule has 0 bridgehead atoms. The second kappa shape index (κ2) is 5.92. The van der Waals surface area contributed by atoms with Crippen molar-refractivity contribution in [3.05, 3.63) is 24.3 Å². The average molecular weight is 235 g/mol. The molecule has 1 N–H and O–H groups in total. The highest BCUT2D eigenvalue weighted by molar-refractivity contribution is 5.51. The molecule has 0 aromatic heterocycles. The number of nitrogens with zero attached hydrogens (tertiary/aromatic N) is 1. The van der Waals surface area contributed by atoms with Crippen LogP contribution in [0.2, 0.25) is 0 Å². The minimum atomic E-state index is 0.302. The van der Waals surface area contributed by atoms with Crippen molar-refractivity contribution < 1.29 is 9.84 Å². The lowest BCUT2D eigenvalue weighted by molar-refractivity contribution is 0.244. The predicted molar refractivity (Wildman–Crippen MR) is 69.6 cm³/mol. The van der Waals surface area contributed by atoms with E-state index in [4.69, 9.17) is 9.84 Å². The van der Waals surface area contributed by atoms with Gasteiger partial charge in [0, 0.05) is 31.5 Å². The van der Waals surface area contributed by atoms with Gasteiger partial charge in [0.05, 0.1) is 7.11 Å². The fourth-order valence-electron chi connectivity index (χ4n) is 2.52. The van der Waals surface area contributed by atoms with Gasteiger partial charge in [-0.05, 0) is 37.3 Å². The minimum Gasteiger partial charge on any atom is -0.497 e. The van der Waals surface area contributed by atoms with E-state index < -0.39 is 0 Å². The number of rotatable bonds is 4. The third kappa shape index (κ3) is 3.13. The molecule has 0 amide bonds. The zero-order valence-corrected chi connectivity index (χ0v) is 10.4. The molecule has 1 unspecified atom stereocenters. The highest BCUT2D eigenvalue weighted by Crippen LogP contribution is 2.27. The highest BCUT2D eigenvalue weighted by Gasteiger charge is 2.19. The van der Waals surface area contributed by atoms with E-state index in [9.17, 15) is 0 Å². The number of hydrogen-bond acceptors (Lipinski definition) is 3. The Balaban J connectivity index is 2.05. The van der Waals surface area contributed by atoms with Gasteiger partial charge in [-0.2, -0.15) is 0 Å². The molecule has 1 aliphatic heterocycles. The zero-order chi connectivity index (χ0) is 12.1. The quantitative estimate of drug-likeness (QED) is 0.869. The molecule has 0 aliphatic carbocycles. The van der Waals surface area contributed by atoms with Crippen LogP contribution in [0.4, 0.5) is 5.69 Å². The van der Waals surface area contributed by atoms with Gasteiger partial charge >= 0.3 is 0 Å². The lowest BCUT2D eigenvalue weighted by atomic mass is 9.95. The lowest BCUT2D eigenvalue weighted by Crippen LogP contribution is -2.35. The van der Waals surface area contributed by atoms with Gasteiger partial charge in [0.15, 0.2) is 0 Å². The predicted octanol–water partition coefficient (Wildman–Crippen LogP) is 2.29. The zero-order valence-electron chi connectivity index (χ0n) is 10.4. The van der Waals surface area contributed by atoms with Crippen LogP contribution in [0.5, 0.6) is 5.75 Å². The van der Waals surface area contributed by atoms with Gasteiger partial charge in [0.2, 0.25) is 0 Å². The molecular formula is C14H21NO2. The molecule has 1 aliphatic rings. The van der Waals surface area contributed by atoms with Crippen molar-refractivity contribution in [2.24, 2.45) is 5.92 Å². The van der Waals surface area contributed by atoms with Crippen LogP contribution >= 0.6 is 0 Å². The first-order valence-electron chi connectivity index (χ1n) is 6.33. The molecule has 3 heteroatoms. The summed E-state index contributed by atoms with van der Waals surface area (Å²) in [6.45, 7) is 2.46. The summed E-state index contributed by atoms with van der Waals surface area (Å²) in [5.74, 6) is 1.53. The standard InChI is InChI=1S/C14H21NO2/c1-17-14-6-2-5-13(10-14)15-8-3-4-12(11-15)7-9-16/h2,5-6,10,12,16H,3-4,7-9,11H2,1H3. The summed E-state index contributed by atoms with van der Waals surface area (Å²) in [7, 11) is 1.70. The Morgan fingerprint density at radius 1 is 1.47 bits per heavy atom. The third-order valence-electron chi connectivity index (χ3n) is 3.47. The van der Waals surface area contributed by atoms with Crippen molar-refractivity contribution in [2.75, 3.05) is 31.7 Å². The van der Waals surface area contributed by atoms with Crippen LogP contribution in [0.15, 0.2) is 24.3 Å². The second-order valence-corrected chi connectivity index (χ2v) is 4.67.